The fourth-order valence-corrected chi connectivity index (χ4v) is 4.49. The standard InChI is InChI=1S/C20H17Cl2FN2O3S/c21-12-4-5-16(14(22)10-12)27-11-18(26)25-8-6-13(7-9-25)28-20-24-19-15(23)2-1-3-17(19)29-20/h1-5,10,13H,6-9,11H2. The predicted molar refractivity (Wildman–Crippen MR) is 112 cm³/mol. The first-order valence-corrected chi connectivity index (χ1v) is 10.6. The number of nitrogens with zero attached hydrogens (tertiary/aromatic N) is 2. The Balaban J connectivity index is 1.28. The van der Waals surface area contributed by atoms with Gasteiger partial charge in [0, 0.05) is 31.0 Å². The van der Waals surface area contributed by atoms with Crippen LogP contribution in [0, 0.1) is 5.82 Å². The molecule has 4 rings (SSSR count). The lowest BCUT2D eigenvalue weighted by molar-refractivity contribution is -0.135. The third kappa shape index (κ3) is 4.74. The van der Waals surface area contributed by atoms with Crippen molar-refractivity contribution < 1.29 is 18.7 Å². The third-order valence-electron chi connectivity index (χ3n) is 4.66. The highest BCUT2D eigenvalue weighted by Crippen LogP contribution is 2.31. The van der Waals surface area contributed by atoms with Crippen LogP contribution < -0.4 is 9.47 Å². The zero-order chi connectivity index (χ0) is 20.4. The summed E-state index contributed by atoms with van der Waals surface area (Å²) >= 11 is 13.2. The van der Waals surface area contributed by atoms with Crippen LogP contribution in [0.2, 0.25) is 10.0 Å². The minimum atomic E-state index is -0.352. The van der Waals surface area contributed by atoms with Crippen molar-refractivity contribution in [2.24, 2.45) is 0 Å². The molecule has 1 amide bonds. The number of amides is 1. The highest BCUT2D eigenvalue weighted by molar-refractivity contribution is 7.20. The molecule has 29 heavy (non-hydrogen) atoms. The van der Waals surface area contributed by atoms with Crippen LogP contribution in [0.5, 0.6) is 10.9 Å². The number of rotatable bonds is 5. The SMILES string of the molecule is O=C(COc1ccc(Cl)cc1Cl)N1CCC(Oc2nc3c(F)cccc3s2)CC1. The maximum atomic E-state index is 13.8. The zero-order valence-corrected chi connectivity index (χ0v) is 17.6. The Morgan fingerprint density at radius 2 is 2.03 bits per heavy atom. The molecule has 0 bridgehead atoms. The highest BCUT2D eigenvalue weighted by atomic mass is 35.5. The van der Waals surface area contributed by atoms with Gasteiger partial charge in [-0.2, -0.15) is 4.98 Å². The number of hydrogen-bond donors (Lipinski definition) is 0. The summed E-state index contributed by atoms with van der Waals surface area (Å²) in [6, 6.07) is 9.72. The van der Waals surface area contributed by atoms with Gasteiger partial charge < -0.3 is 14.4 Å². The number of likely N-dealkylation sites (tertiary alicyclic amines) is 1. The number of aromatic nitrogens is 1. The van der Waals surface area contributed by atoms with Crippen molar-refractivity contribution in [1.29, 1.82) is 0 Å². The molecule has 0 radical (unpaired) electrons. The third-order valence-corrected chi connectivity index (χ3v) is 6.10. The Morgan fingerprint density at radius 1 is 1.24 bits per heavy atom. The summed E-state index contributed by atoms with van der Waals surface area (Å²) < 4.78 is 26.0. The fourth-order valence-electron chi connectivity index (χ4n) is 3.13. The quantitative estimate of drug-likeness (QED) is 0.532. The topological polar surface area (TPSA) is 51.7 Å². The number of carbonyl (C=O) groups excluding carboxylic acids is 1. The van der Waals surface area contributed by atoms with E-state index in [0.717, 1.165) is 4.70 Å². The summed E-state index contributed by atoms with van der Waals surface area (Å²) in [5, 5.41) is 1.33. The average molecular weight is 455 g/mol. The number of thiazole rings is 1. The van der Waals surface area contributed by atoms with E-state index in [9.17, 15) is 9.18 Å². The minimum absolute atomic E-state index is 0.0608. The Morgan fingerprint density at radius 3 is 2.76 bits per heavy atom. The molecule has 1 aliphatic rings. The lowest BCUT2D eigenvalue weighted by Gasteiger charge is -2.31. The van der Waals surface area contributed by atoms with Crippen molar-refractivity contribution in [3.63, 3.8) is 0 Å². The lowest BCUT2D eigenvalue weighted by Crippen LogP contribution is -2.43. The largest absolute Gasteiger partial charge is 0.482 e. The van der Waals surface area contributed by atoms with Gasteiger partial charge in [0.25, 0.3) is 11.1 Å². The molecule has 2 heterocycles. The minimum Gasteiger partial charge on any atom is -0.482 e. The van der Waals surface area contributed by atoms with Crippen LogP contribution in [-0.4, -0.2) is 41.6 Å². The van der Waals surface area contributed by atoms with Gasteiger partial charge in [-0.15, -0.1) is 0 Å². The molecule has 3 aromatic rings. The molecule has 0 aliphatic carbocycles. The second-order valence-electron chi connectivity index (χ2n) is 6.63. The molecule has 1 saturated heterocycles. The smallest absolute Gasteiger partial charge is 0.274 e. The number of hydrogen-bond acceptors (Lipinski definition) is 5. The summed E-state index contributed by atoms with van der Waals surface area (Å²) in [5.41, 5.74) is 0.332. The molecule has 0 saturated carbocycles. The number of piperidine rings is 1. The van der Waals surface area contributed by atoms with Gasteiger partial charge in [-0.3, -0.25) is 4.79 Å². The first-order valence-electron chi connectivity index (χ1n) is 9.07. The van der Waals surface area contributed by atoms with Gasteiger partial charge >= 0.3 is 0 Å². The summed E-state index contributed by atoms with van der Waals surface area (Å²) in [4.78, 5) is 18.4. The second kappa shape index (κ2) is 8.73. The van der Waals surface area contributed by atoms with E-state index < -0.39 is 0 Å². The summed E-state index contributed by atoms with van der Waals surface area (Å²) in [6.07, 6.45) is 1.28. The molecule has 152 valence electrons. The molecule has 1 fully saturated rings. The fraction of sp³-hybridized carbons (Fsp3) is 0.300. The molecule has 1 aromatic heterocycles. The normalized spacial score (nSPS) is 14.9. The predicted octanol–water partition coefficient (Wildman–Crippen LogP) is 5.19. The van der Waals surface area contributed by atoms with Crippen molar-refractivity contribution in [2.45, 2.75) is 18.9 Å². The number of carbonyl (C=O) groups is 1. The number of ether oxygens (including phenoxy) is 2. The molecule has 9 heteroatoms. The monoisotopic (exact) mass is 454 g/mol. The van der Waals surface area contributed by atoms with Crippen LogP contribution >= 0.6 is 34.5 Å². The average Bonchev–Trinajstić information content (AvgIpc) is 3.11. The number of halogens is 3. The highest BCUT2D eigenvalue weighted by Gasteiger charge is 2.25. The maximum Gasteiger partial charge on any atom is 0.274 e. The van der Waals surface area contributed by atoms with Gasteiger partial charge in [-0.1, -0.05) is 40.6 Å². The summed E-state index contributed by atoms with van der Waals surface area (Å²) in [5.74, 6) is -0.0444. The van der Waals surface area contributed by atoms with E-state index in [4.69, 9.17) is 32.7 Å². The van der Waals surface area contributed by atoms with Crippen LogP contribution in [-0.2, 0) is 4.79 Å². The summed E-state index contributed by atoms with van der Waals surface area (Å²) in [7, 11) is 0. The van der Waals surface area contributed by atoms with E-state index in [1.54, 1.807) is 29.2 Å². The van der Waals surface area contributed by atoms with Crippen molar-refractivity contribution in [3.05, 3.63) is 52.3 Å². The van der Waals surface area contributed by atoms with Crippen molar-refractivity contribution in [2.75, 3.05) is 19.7 Å². The molecule has 0 N–H and O–H groups in total. The van der Waals surface area contributed by atoms with Crippen molar-refractivity contribution in [1.82, 2.24) is 9.88 Å². The first kappa shape index (κ1) is 20.2. The van der Waals surface area contributed by atoms with E-state index in [2.05, 4.69) is 4.98 Å². The second-order valence-corrected chi connectivity index (χ2v) is 8.46. The zero-order valence-electron chi connectivity index (χ0n) is 15.2. The molecule has 0 atom stereocenters. The molecule has 0 unspecified atom stereocenters. The molecule has 5 nitrogen and oxygen atoms in total. The van der Waals surface area contributed by atoms with Gasteiger partial charge in [0.05, 0.1) is 9.72 Å². The van der Waals surface area contributed by atoms with Crippen LogP contribution in [0.4, 0.5) is 4.39 Å². The van der Waals surface area contributed by atoms with Gasteiger partial charge in [0.1, 0.15) is 23.2 Å². The van der Waals surface area contributed by atoms with Gasteiger partial charge in [0.2, 0.25) is 0 Å². The molecule has 2 aromatic carbocycles. The van der Waals surface area contributed by atoms with E-state index in [0.29, 0.717) is 52.4 Å². The molecule has 0 spiro atoms. The maximum absolute atomic E-state index is 13.8. The van der Waals surface area contributed by atoms with Gasteiger partial charge in [-0.25, -0.2) is 4.39 Å². The first-order chi connectivity index (χ1) is 14.0. The molecular formula is C20H17Cl2FN2O3S. The number of para-hydroxylation sites is 1. The van der Waals surface area contributed by atoms with Crippen LogP contribution in [0.1, 0.15) is 12.8 Å². The Kier molecular flexibility index (Phi) is 6.08. The van der Waals surface area contributed by atoms with Crippen LogP contribution in [0.25, 0.3) is 10.2 Å². The Bertz CT molecular complexity index is 1040. The van der Waals surface area contributed by atoms with E-state index in [1.807, 2.05) is 6.07 Å². The summed E-state index contributed by atoms with van der Waals surface area (Å²) in [6.45, 7) is 1.02. The number of fused-ring (bicyclic) bond motifs is 1. The Hall–Kier alpha value is -2.09. The van der Waals surface area contributed by atoms with E-state index in [1.165, 1.54) is 17.4 Å². The van der Waals surface area contributed by atoms with Crippen LogP contribution in [0.3, 0.4) is 0 Å². The van der Waals surface area contributed by atoms with Gasteiger partial charge in [-0.05, 0) is 30.3 Å². The van der Waals surface area contributed by atoms with E-state index in [-0.39, 0.29) is 24.4 Å². The van der Waals surface area contributed by atoms with Crippen molar-refractivity contribution >= 4 is 50.7 Å². The van der Waals surface area contributed by atoms with Crippen LogP contribution in [0.15, 0.2) is 36.4 Å². The van der Waals surface area contributed by atoms with Crippen molar-refractivity contribution in [3.8, 4) is 10.9 Å². The number of benzene rings is 2. The Labute approximate surface area is 180 Å². The lowest BCUT2D eigenvalue weighted by atomic mass is 10.1. The molecular weight excluding hydrogens is 438 g/mol. The van der Waals surface area contributed by atoms with Gasteiger partial charge in [0.15, 0.2) is 6.61 Å². The molecule has 1 aliphatic heterocycles. The van der Waals surface area contributed by atoms with E-state index >= 15 is 0 Å².